The van der Waals surface area contributed by atoms with E-state index in [0.29, 0.717) is 17.5 Å². The lowest BCUT2D eigenvalue weighted by molar-refractivity contribution is 0.668. The van der Waals surface area contributed by atoms with Crippen molar-refractivity contribution < 1.29 is 8.83 Å². The van der Waals surface area contributed by atoms with E-state index in [2.05, 4.69) is 174 Å². The number of hydrogen-bond acceptors (Lipinski definition) is 5. The molecule has 0 saturated heterocycles. The molecule has 65 heavy (non-hydrogen) atoms. The molecular weight excluding hydrogens is 797 g/mol. The molecule has 0 aliphatic carbocycles. The molecule has 0 spiro atoms. The first-order chi connectivity index (χ1) is 32.2. The number of fused-ring (bicyclic) bond motifs is 11. The highest BCUT2D eigenvalue weighted by molar-refractivity contribution is 6.18. The van der Waals surface area contributed by atoms with Crippen LogP contribution >= 0.6 is 0 Å². The van der Waals surface area contributed by atoms with Crippen molar-refractivity contribution in [3.8, 4) is 51.0 Å². The number of benzene rings is 10. The number of furan rings is 2. The zero-order valence-electron chi connectivity index (χ0n) is 34.7. The molecular formula is C59H34N4O2. The average molecular weight is 831 g/mol. The van der Waals surface area contributed by atoms with Crippen molar-refractivity contribution in [3.05, 3.63) is 206 Å². The Kier molecular flexibility index (Phi) is 7.59. The van der Waals surface area contributed by atoms with Gasteiger partial charge in [-0.1, -0.05) is 146 Å². The van der Waals surface area contributed by atoms with Crippen molar-refractivity contribution in [2.24, 2.45) is 0 Å². The van der Waals surface area contributed by atoms with Gasteiger partial charge in [0.15, 0.2) is 17.5 Å². The molecule has 10 aromatic carbocycles. The van der Waals surface area contributed by atoms with Gasteiger partial charge in [0.2, 0.25) is 0 Å². The molecule has 14 aromatic rings. The summed E-state index contributed by atoms with van der Waals surface area (Å²) >= 11 is 0. The third-order valence-electron chi connectivity index (χ3n) is 13.0. The summed E-state index contributed by atoms with van der Waals surface area (Å²) < 4.78 is 15.7. The van der Waals surface area contributed by atoms with Crippen LogP contribution in [0.15, 0.2) is 215 Å². The topological polar surface area (TPSA) is 69.9 Å². The van der Waals surface area contributed by atoms with Crippen molar-refractivity contribution in [2.45, 2.75) is 0 Å². The highest BCUT2D eigenvalue weighted by Gasteiger charge is 2.24. The third-order valence-corrected chi connectivity index (χ3v) is 13.0. The largest absolute Gasteiger partial charge is 0.456 e. The highest BCUT2D eigenvalue weighted by atomic mass is 16.3. The Labute approximate surface area is 371 Å². The Morgan fingerprint density at radius 3 is 1.72 bits per heavy atom. The zero-order valence-corrected chi connectivity index (χ0v) is 34.7. The molecule has 0 aliphatic rings. The summed E-state index contributed by atoms with van der Waals surface area (Å²) in [6.07, 6.45) is 0. The molecule has 0 N–H and O–H groups in total. The van der Waals surface area contributed by atoms with Crippen LogP contribution in [0.4, 0.5) is 0 Å². The molecule has 0 saturated carbocycles. The Hall–Kier alpha value is -8.87. The van der Waals surface area contributed by atoms with Crippen molar-refractivity contribution in [2.75, 3.05) is 0 Å². The molecule has 0 fully saturated rings. The smallest absolute Gasteiger partial charge is 0.164 e. The zero-order chi connectivity index (χ0) is 42.6. The van der Waals surface area contributed by atoms with Crippen LogP contribution in [0.5, 0.6) is 0 Å². The van der Waals surface area contributed by atoms with Crippen LogP contribution in [-0.2, 0) is 0 Å². The normalized spacial score (nSPS) is 12.0. The van der Waals surface area contributed by atoms with Gasteiger partial charge in [-0.25, -0.2) is 15.0 Å². The number of nitrogens with zero attached hydrogens (tertiary/aromatic N) is 4. The third kappa shape index (κ3) is 5.57. The summed E-state index contributed by atoms with van der Waals surface area (Å²) in [6.45, 7) is 0. The summed E-state index contributed by atoms with van der Waals surface area (Å²) in [4.78, 5) is 16.3. The van der Waals surface area contributed by atoms with Crippen LogP contribution < -0.4 is 0 Å². The summed E-state index contributed by atoms with van der Waals surface area (Å²) in [7, 11) is 0. The standard InChI is InChI=1S/C59H34N4O2/c1-2-14-35(15-3-1)36-20-12-21-41(28-36)57-60-58(45-24-13-27-52-55(45)44-23-9-11-26-51(44)64-52)62-59(61-57)48-33-42(34-54-56(48)47-30-38-17-5-7-19-40(38)32-53(47)65-54)63-49-25-10-8-22-43(49)46-29-37-16-4-6-18-39(37)31-50(46)63/h1-34H. The van der Waals surface area contributed by atoms with Crippen molar-refractivity contribution in [1.82, 2.24) is 19.5 Å². The van der Waals surface area contributed by atoms with Gasteiger partial charge in [0.25, 0.3) is 0 Å². The first-order valence-corrected chi connectivity index (χ1v) is 21.8. The second-order valence-electron chi connectivity index (χ2n) is 16.8. The SMILES string of the molecule is c1ccc(-c2cccc(-c3nc(-c4cccc5oc6ccccc6c45)nc(-c4cc(-n5c6ccccc6c6cc7ccccc7cc65)cc5oc6cc7ccccc7cc6c45)n3)c2)cc1. The maximum absolute atomic E-state index is 6.95. The van der Waals surface area contributed by atoms with Gasteiger partial charge in [-0.3, -0.25) is 0 Å². The van der Waals surface area contributed by atoms with Gasteiger partial charge in [-0.05, 0) is 87.3 Å². The molecule has 0 aliphatic heterocycles. The Morgan fingerprint density at radius 2 is 0.892 bits per heavy atom. The minimum atomic E-state index is 0.536. The number of para-hydroxylation sites is 2. The second-order valence-corrected chi connectivity index (χ2v) is 16.8. The second kappa shape index (κ2) is 13.8. The van der Waals surface area contributed by atoms with Gasteiger partial charge in [-0.2, -0.15) is 0 Å². The predicted molar refractivity (Wildman–Crippen MR) is 265 cm³/mol. The van der Waals surface area contributed by atoms with Gasteiger partial charge in [-0.15, -0.1) is 0 Å². The van der Waals surface area contributed by atoms with E-state index in [4.69, 9.17) is 23.8 Å². The van der Waals surface area contributed by atoms with Gasteiger partial charge in [0.05, 0.1) is 16.7 Å². The van der Waals surface area contributed by atoms with Gasteiger partial charge in [0.1, 0.15) is 22.3 Å². The molecule has 302 valence electrons. The summed E-state index contributed by atoms with van der Waals surface area (Å²) in [5.41, 5.74) is 11.0. The van der Waals surface area contributed by atoms with Crippen LogP contribution in [0.2, 0.25) is 0 Å². The van der Waals surface area contributed by atoms with Crippen LogP contribution in [0.1, 0.15) is 0 Å². The van der Waals surface area contributed by atoms with E-state index in [0.717, 1.165) is 99.2 Å². The Bertz CT molecular complexity index is 4250. The number of rotatable bonds is 5. The van der Waals surface area contributed by atoms with E-state index in [-0.39, 0.29) is 0 Å². The lowest BCUT2D eigenvalue weighted by Crippen LogP contribution is -2.02. The fourth-order valence-corrected chi connectivity index (χ4v) is 9.99. The minimum Gasteiger partial charge on any atom is -0.456 e. The summed E-state index contributed by atoms with van der Waals surface area (Å²) in [6, 6.07) is 72.1. The molecule has 4 heterocycles. The van der Waals surface area contributed by atoms with Crippen molar-refractivity contribution >= 4 is 87.2 Å². The quantitative estimate of drug-likeness (QED) is 0.173. The van der Waals surface area contributed by atoms with Gasteiger partial charge in [0, 0.05) is 55.1 Å². The van der Waals surface area contributed by atoms with E-state index in [1.54, 1.807) is 0 Å². The molecule has 6 heteroatoms. The predicted octanol–water partition coefficient (Wildman–Crippen LogP) is 15.7. The van der Waals surface area contributed by atoms with Crippen LogP contribution in [0.25, 0.3) is 138 Å². The summed E-state index contributed by atoms with van der Waals surface area (Å²) in [5, 5.41) is 10.9. The van der Waals surface area contributed by atoms with Crippen LogP contribution in [0.3, 0.4) is 0 Å². The fourth-order valence-electron chi connectivity index (χ4n) is 9.99. The number of hydrogen-bond donors (Lipinski definition) is 0. The van der Waals surface area contributed by atoms with E-state index in [1.165, 1.54) is 21.5 Å². The summed E-state index contributed by atoms with van der Waals surface area (Å²) in [5.74, 6) is 1.65. The van der Waals surface area contributed by atoms with E-state index >= 15 is 0 Å². The molecule has 0 unspecified atom stereocenters. The molecule has 0 bridgehead atoms. The highest BCUT2D eigenvalue weighted by Crippen LogP contribution is 2.43. The van der Waals surface area contributed by atoms with E-state index < -0.39 is 0 Å². The van der Waals surface area contributed by atoms with E-state index in [1.807, 2.05) is 36.4 Å². The molecule has 6 nitrogen and oxygen atoms in total. The maximum atomic E-state index is 6.95. The van der Waals surface area contributed by atoms with Gasteiger partial charge < -0.3 is 13.4 Å². The first kappa shape index (κ1) is 35.7. The molecule has 4 aromatic heterocycles. The maximum Gasteiger partial charge on any atom is 0.164 e. The Morgan fingerprint density at radius 1 is 0.308 bits per heavy atom. The lowest BCUT2D eigenvalue weighted by Gasteiger charge is -2.14. The van der Waals surface area contributed by atoms with Crippen molar-refractivity contribution in [3.63, 3.8) is 0 Å². The van der Waals surface area contributed by atoms with Gasteiger partial charge >= 0.3 is 0 Å². The average Bonchev–Trinajstić information content (AvgIpc) is 4.03. The first-order valence-electron chi connectivity index (χ1n) is 21.8. The van der Waals surface area contributed by atoms with Crippen LogP contribution in [-0.4, -0.2) is 19.5 Å². The Balaban J connectivity index is 1.10. The van der Waals surface area contributed by atoms with Crippen LogP contribution in [0, 0.1) is 0 Å². The molecule has 0 radical (unpaired) electrons. The molecule has 14 rings (SSSR count). The lowest BCUT2D eigenvalue weighted by atomic mass is 10.0. The number of aromatic nitrogens is 4. The molecule has 0 amide bonds. The minimum absolute atomic E-state index is 0.536. The molecule has 0 atom stereocenters. The van der Waals surface area contributed by atoms with Crippen molar-refractivity contribution in [1.29, 1.82) is 0 Å². The van der Waals surface area contributed by atoms with E-state index in [9.17, 15) is 0 Å². The fraction of sp³-hybridized carbons (Fsp3) is 0. The monoisotopic (exact) mass is 830 g/mol.